The van der Waals surface area contributed by atoms with Crippen LogP contribution < -0.4 is 14.8 Å². The van der Waals surface area contributed by atoms with E-state index in [4.69, 9.17) is 9.47 Å². The minimum Gasteiger partial charge on any atom is -0.493 e. The van der Waals surface area contributed by atoms with Crippen molar-refractivity contribution in [2.24, 2.45) is 0 Å². The van der Waals surface area contributed by atoms with Gasteiger partial charge in [-0.1, -0.05) is 25.8 Å². The molecule has 1 N–H and O–H groups in total. The predicted octanol–water partition coefficient (Wildman–Crippen LogP) is 4.94. The fraction of sp³-hybridized carbons (Fsp3) is 0.316. The molecule has 1 amide bonds. The molecule has 0 aliphatic carbocycles. The zero-order valence-electron chi connectivity index (χ0n) is 14.9. The van der Waals surface area contributed by atoms with Crippen LogP contribution >= 0.6 is 15.9 Å². The van der Waals surface area contributed by atoms with Crippen molar-refractivity contribution in [3.05, 3.63) is 57.1 Å². The van der Waals surface area contributed by atoms with Crippen molar-refractivity contribution in [2.45, 2.75) is 26.2 Å². The maximum Gasteiger partial charge on any atom is 0.271 e. The summed E-state index contributed by atoms with van der Waals surface area (Å²) in [7, 11) is 0. The molecule has 0 bridgehead atoms. The maximum atomic E-state index is 12.1. The lowest BCUT2D eigenvalue weighted by molar-refractivity contribution is -0.384. The van der Waals surface area contributed by atoms with Crippen LogP contribution in [0, 0.1) is 10.1 Å². The number of amides is 1. The van der Waals surface area contributed by atoms with Crippen LogP contribution in [0.1, 0.15) is 26.2 Å². The molecule has 0 aliphatic heterocycles. The number of benzene rings is 2. The smallest absolute Gasteiger partial charge is 0.271 e. The quantitative estimate of drug-likeness (QED) is 0.323. The first-order chi connectivity index (χ1) is 13.0. The third-order valence-electron chi connectivity index (χ3n) is 3.63. The summed E-state index contributed by atoms with van der Waals surface area (Å²) in [6.45, 7) is 2.54. The molecule has 0 saturated carbocycles. The number of ether oxygens (including phenoxy) is 2. The van der Waals surface area contributed by atoms with Crippen LogP contribution in [0.3, 0.4) is 0 Å². The second-order valence-corrected chi connectivity index (χ2v) is 6.64. The van der Waals surface area contributed by atoms with Crippen molar-refractivity contribution in [1.82, 2.24) is 0 Å². The number of nitrogens with zero attached hydrogens (tertiary/aromatic N) is 1. The molecule has 0 unspecified atom stereocenters. The first kappa shape index (κ1) is 20.7. The molecule has 27 heavy (non-hydrogen) atoms. The number of halogens is 1. The third kappa shape index (κ3) is 6.90. The molecule has 0 spiro atoms. The summed E-state index contributed by atoms with van der Waals surface area (Å²) in [6, 6.07) is 11.2. The average molecular weight is 437 g/mol. The second kappa shape index (κ2) is 10.5. The van der Waals surface area contributed by atoms with Crippen molar-refractivity contribution >= 4 is 33.2 Å². The van der Waals surface area contributed by atoms with Gasteiger partial charge < -0.3 is 14.8 Å². The number of rotatable bonds is 10. The van der Waals surface area contributed by atoms with Crippen LogP contribution in [0.5, 0.6) is 11.5 Å². The van der Waals surface area contributed by atoms with Gasteiger partial charge in [0.25, 0.3) is 11.6 Å². The Labute approximate surface area is 166 Å². The van der Waals surface area contributed by atoms with Crippen molar-refractivity contribution in [2.75, 3.05) is 18.5 Å². The van der Waals surface area contributed by atoms with Crippen LogP contribution in [0.4, 0.5) is 11.4 Å². The zero-order chi connectivity index (χ0) is 19.6. The number of carbonyl (C=O) groups is 1. The van der Waals surface area contributed by atoms with E-state index in [9.17, 15) is 14.9 Å². The fourth-order valence-corrected chi connectivity index (χ4v) is 2.60. The molecule has 0 fully saturated rings. The molecule has 0 atom stereocenters. The Morgan fingerprint density at radius 1 is 1.15 bits per heavy atom. The van der Waals surface area contributed by atoms with Gasteiger partial charge in [-0.25, -0.2) is 0 Å². The minimum absolute atomic E-state index is 0.109. The normalized spacial score (nSPS) is 10.3. The molecular formula is C19H21BrN2O5. The van der Waals surface area contributed by atoms with Crippen LogP contribution in [0.25, 0.3) is 0 Å². The van der Waals surface area contributed by atoms with E-state index in [0.717, 1.165) is 19.3 Å². The lowest BCUT2D eigenvalue weighted by atomic mass is 10.2. The van der Waals surface area contributed by atoms with Gasteiger partial charge in [0.2, 0.25) is 0 Å². The average Bonchev–Trinajstić information content (AvgIpc) is 2.65. The second-order valence-electron chi connectivity index (χ2n) is 5.79. The lowest BCUT2D eigenvalue weighted by Crippen LogP contribution is -2.20. The van der Waals surface area contributed by atoms with Gasteiger partial charge >= 0.3 is 0 Å². The van der Waals surface area contributed by atoms with E-state index >= 15 is 0 Å². The number of nitro groups is 1. The third-order valence-corrected chi connectivity index (χ3v) is 4.32. The van der Waals surface area contributed by atoms with Crippen molar-refractivity contribution in [1.29, 1.82) is 0 Å². The molecule has 8 heteroatoms. The summed E-state index contributed by atoms with van der Waals surface area (Å²) in [6.07, 6.45) is 3.23. The molecule has 144 valence electrons. The van der Waals surface area contributed by atoms with E-state index < -0.39 is 10.8 Å². The van der Waals surface area contributed by atoms with E-state index in [2.05, 4.69) is 28.2 Å². The summed E-state index contributed by atoms with van der Waals surface area (Å²) >= 11 is 3.25. The molecule has 2 rings (SSSR count). The van der Waals surface area contributed by atoms with Gasteiger partial charge in [0, 0.05) is 22.7 Å². The van der Waals surface area contributed by atoms with Gasteiger partial charge in [-0.3, -0.25) is 14.9 Å². The first-order valence-corrected chi connectivity index (χ1v) is 9.38. The summed E-state index contributed by atoms with van der Waals surface area (Å²) in [4.78, 5) is 22.4. The number of hydrogen-bond donors (Lipinski definition) is 1. The highest BCUT2D eigenvalue weighted by Gasteiger charge is 2.12. The van der Waals surface area contributed by atoms with E-state index in [1.807, 2.05) is 6.07 Å². The number of carbonyl (C=O) groups excluding carboxylic acids is 1. The van der Waals surface area contributed by atoms with Gasteiger partial charge in [-0.05, 0) is 40.5 Å². The lowest BCUT2D eigenvalue weighted by Gasteiger charge is -2.10. The van der Waals surface area contributed by atoms with E-state index in [1.54, 1.807) is 18.2 Å². The fourth-order valence-electron chi connectivity index (χ4n) is 2.25. The van der Waals surface area contributed by atoms with Gasteiger partial charge in [-0.2, -0.15) is 0 Å². The van der Waals surface area contributed by atoms with Gasteiger partial charge in [0.15, 0.2) is 6.61 Å². The standard InChI is InChI=1S/C19H21BrN2O5/c1-2-3-4-10-26-15-6-5-7-16(12-15)27-13-19(23)21-18-11-14(22(24)25)8-9-17(18)20/h5-9,11-12H,2-4,10,13H2,1H3,(H,21,23). The van der Waals surface area contributed by atoms with Crippen LogP contribution in [-0.2, 0) is 4.79 Å². The Morgan fingerprint density at radius 3 is 2.59 bits per heavy atom. The highest BCUT2D eigenvalue weighted by Crippen LogP contribution is 2.27. The number of nitrogens with one attached hydrogen (secondary N) is 1. The number of anilines is 1. The van der Waals surface area contributed by atoms with Gasteiger partial charge in [-0.15, -0.1) is 0 Å². The van der Waals surface area contributed by atoms with E-state index in [-0.39, 0.29) is 12.3 Å². The maximum absolute atomic E-state index is 12.1. The highest BCUT2D eigenvalue weighted by atomic mass is 79.9. The molecule has 0 heterocycles. The molecule has 2 aromatic rings. The van der Waals surface area contributed by atoms with E-state index in [0.29, 0.717) is 28.3 Å². The Bertz CT molecular complexity index is 797. The Kier molecular flexibility index (Phi) is 8.06. The Balaban J connectivity index is 1.88. The molecular weight excluding hydrogens is 416 g/mol. The molecule has 2 aromatic carbocycles. The minimum atomic E-state index is -0.523. The predicted molar refractivity (Wildman–Crippen MR) is 106 cm³/mol. The van der Waals surface area contributed by atoms with Gasteiger partial charge in [0.05, 0.1) is 17.2 Å². The Morgan fingerprint density at radius 2 is 1.89 bits per heavy atom. The molecule has 0 aliphatic rings. The zero-order valence-corrected chi connectivity index (χ0v) is 16.5. The summed E-state index contributed by atoms with van der Waals surface area (Å²) in [5.74, 6) is 0.771. The van der Waals surface area contributed by atoms with Crippen LogP contribution in [0.2, 0.25) is 0 Å². The number of nitro benzene ring substituents is 1. The molecule has 0 radical (unpaired) electrons. The summed E-state index contributed by atoms with van der Waals surface area (Å²) < 4.78 is 11.7. The molecule has 7 nitrogen and oxygen atoms in total. The van der Waals surface area contributed by atoms with Crippen LogP contribution in [-0.4, -0.2) is 24.0 Å². The van der Waals surface area contributed by atoms with Crippen molar-refractivity contribution < 1.29 is 19.2 Å². The van der Waals surface area contributed by atoms with Crippen molar-refractivity contribution in [3.63, 3.8) is 0 Å². The first-order valence-electron chi connectivity index (χ1n) is 8.59. The molecule has 0 aromatic heterocycles. The van der Waals surface area contributed by atoms with Gasteiger partial charge in [0.1, 0.15) is 11.5 Å². The SMILES string of the molecule is CCCCCOc1cccc(OCC(=O)Nc2cc([N+](=O)[O-])ccc2Br)c1. The monoisotopic (exact) mass is 436 g/mol. The van der Waals surface area contributed by atoms with Crippen molar-refractivity contribution in [3.8, 4) is 11.5 Å². The molecule has 0 saturated heterocycles. The number of hydrogen-bond acceptors (Lipinski definition) is 5. The van der Waals surface area contributed by atoms with E-state index in [1.165, 1.54) is 18.2 Å². The Hall–Kier alpha value is -2.61. The number of unbranched alkanes of at least 4 members (excludes halogenated alkanes) is 2. The number of non-ortho nitro benzene ring substituents is 1. The topological polar surface area (TPSA) is 90.7 Å². The summed E-state index contributed by atoms with van der Waals surface area (Å²) in [5.41, 5.74) is 0.202. The largest absolute Gasteiger partial charge is 0.493 e. The summed E-state index contributed by atoms with van der Waals surface area (Å²) in [5, 5.41) is 13.4. The highest BCUT2D eigenvalue weighted by molar-refractivity contribution is 9.10. The van der Waals surface area contributed by atoms with Crippen LogP contribution in [0.15, 0.2) is 46.9 Å².